The van der Waals surface area contributed by atoms with Crippen LogP contribution in [-0.2, 0) is 4.79 Å². The van der Waals surface area contributed by atoms with Crippen LogP contribution < -0.4 is 0 Å². The molecule has 0 saturated heterocycles. The van der Waals surface area contributed by atoms with Gasteiger partial charge < -0.3 is 0 Å². The van der Waals surface area contributed by atoms with Crippen LogP contribution in [0.25, 0.3) is 0 Å². The summed E-state index contributed by atoms with van der Waals surface area (Å²) in [5.41, 5.74) is 0.905. The highest BCUT2D eigenvalue weighted by molar-refractivity contribution is 5.81. The molecule has 0 amide bonds. The number of hydrogen-bond donors (Lipinski definition) is 0. The van der Waals surface area contributed by atoms with Crippen molar-refractivity contribution < 1.29 is 13.6 Å². The average molecular weight is 292 g/mol. The highest BCUT2D eigenvalue weighted by atomic mass is 19.2. The van der Waals surface area contributed by atoms with Crippen molar-refractivity contribution in [3.05, 3.63) is 35.4 Å². The minimum atomic E-state index is -0.778. The fourth-order valence-electron chi connectivity index (χ4n) is 4.13. The average Bonchev–Trinajstić information content (AvgIpc) is 2.51. The Morgan fingerprint density at radius 2 is 1.67 bits per heavy atom. The van der Waals surface area contributed by atoms with E-state index in [9.17, 15) is 13.6 Å². The fraction of sp³-hybridized carbons (Fsp3) is 0.611. The van der Waals surface area contributed by atoms with E-state index in [-0.39, 0.29) is 5.92 Å². The van der Waals surface area contributed by atoms with Gasteiger partial charge in [0.25, 0.3) is 0 Å². The van der Waals surface area contributed by atoms with Gasteiger partial charge in [0, 0.05) is 12.3 Å². The zero-order chi connectivity index (χ0) is 14.8. The topological polar surface area (TPSA) is 17.1 Å². The van der Waals surface area contributed by atoms with Crippen LogP contribution in [0.5, 0.6) is 0 Å². The minimum Gasteiger partial charge on any atom is -0.299 e. The molecule has 0 N–H and O–H groups in total. The Kier molecular flexibility index (Phi) is 4.37. The third-order valence-electron chi connectivity index (χ3n) is 5.36. The lowest BCUT2D eigenvalue weighted by atomic mass is 9.69. The molecule has 2 aliphatic carbocycles. The molecule has 1 unspecified atom stereocenters. The second kappa shape index (κ2) is 6.25. The number of carbonyl (C=O) groups excluding carboxylic acids is 1. The van der Waals surface area contributed by atoms with Gasteiger partial charge in [0.15, 0.2) is 11.6 Å². The third-order valence-corrected chi connectivity index (χ3v) is 5.36. The molecule has 1 aromatic carbocycles. The maximum Gasteiger partial charge on any atom is 0.159 e. The molecule has 2 saturated carbocycles. The fourth-order valence-corrected chi connectivity index (χ4v) is 4.13. The van der Waals surface area contributed by atoms with Gasteiger partial charge >= 0.3 is 0 Å². The first-order valence-corrected chi connectivity index (χ1v) is 8.13. The van der Waals surface area contributed by atoms with Crippen LogP contribution >= 0.6 is 0 Å². The van der Waals surface area contributed by atoms with Gasteiger partial charge in [-0.05, 0) is 68.1 Å². The summed E-state index contributed by atoms with van der Waals surface area (Å²) in [5, 5.41) is 0. The maximum atomic E-state index is 13.3. The number of carbonyl (C=O) groups is 1. The number of halogens is 2. The summed E-state index contributed by atoms with van der Waals surface area (Å²) in [6, 6.07) is 4.27. The van der Waals surface area contributed by atoms with Crippen LogP contribution in [0.3, 0.4) is 0 Å². The van der Waals surface area contributed by atoms with Crippen molar-refractivity contribution in [1.82, 2.24) is 0 Å². The summed E-state index contributed by atoms with van der Waals surface area (Å²) in [6.07, 6.45) is 8.10. The molecule has 0 radical (unpaired) electrons. The minimum absolute atomic E-state index is 0.268. The summed E-state index contributed by atoms with van der Waals surface area (Å²) in [4.78, 5) is 12.0. The molecular formula is C18H22F2O. The Morgan fingerprint density at radius 3 is 2.33 bits per heavy atom. The van der Waals surface area contributed by atoms with Crippen molar-refractivity contribution in [2.24, 2.45) is 11.8 Å². The molecule has 21 heavy (non-hydrogen) atoms. The van der Waals surface area contributed by atoms with E-state index in [2.05, 4.69) is 0 Å². The number of ketones is 1. The number of hydrogen-bond acceptors (Lipinski definition) is 1. The van der Waals surface area contributed by atoms with Gasteiger partial charge in [-0.25, -0.2) is 8.78 Å². The predicted octanol–water partition coefficient (Wildman–Crippen LogP) is 5.00. The molecule has 0 aromatic heterocycles. The van der Waals surface area contributed by atoms with Gasteiger partial charge in [-0.1, -0.05) is 12.5 Å². The molecule has 1 atom stereocenters. The molecule has 0 spiro atoms. The molecular weight excluding hydrogens is 270 g/mol. The molecule has 3 rings (SSSR count). The van der Waals surface area contributed by atoms with E-state index in [1.54, 1.807) is 6.07 Å². The highest BCUT2D eigenvalue weighted by Gasteiger charge is 2.33. The molecule has 1 aromatic rings. The van der Waals surface area contributed by atoms with Crippen molar-refractivity contribution >= 4 is 5.78 Å². The van der Waals surface area contributed by atoms with Crippen LogP contribution in [0.1, 0.15) is 62.8 Å². The second-order valence-corrected chi connectivity index (χ2v) is 6.60. The summed E-state index contributed by atoms with van der Waals surface area (Å²) in [6.45, 7) is 0. The van der Waals surface area contributed by atoms with Crippen molar-refractivity contribution in [2.45, 2.75) is 57.3 Å². The smallest absolute Gasteiger partial charge is 0.159 e. The van der Waals surface area contributed by atoms with E-state index < -0.39 is 11.6 Å². The standard InChI is InChI=1S/C18H22F2O/c19-16-10-9-14(11-17(16)20)12-5-7-13(8-6-12)15-3-1-2-4-18(15)21/h9-13,15H,1-8H2. The molecule has 2 aliphatic rings. The zero-order valence-electron chi connectivity index (χ0n) is 12.3. The van der Waals surface area contributed by atoms with E-state index in [4.69, 9.17) is 0 Å². The summed E-state index contributed by atoms with van der Waals surface area (Å²) >= 11 is 0. The van der Waals surface area contributed by atoms with Crippen LogP contribution in [0.4, 0.5) is 8.78 Å². The van der Waals surface area contributed by atoms with E-state index in [1.165, 1.54) is 18.6 Å². The number of benzene rings is 1. The number of rotatable bonds is 2. The van der Waals surface area contributed by atoms with E-state index in [0.717, 1.165) is 50.5 Å². The number of Topliss-reactive ketones (excluding diaryl/α,β-unsaturated/α-hetero) is 1. The zero-order valence-corrected chi connectivity index (χ0v) is 12.3. The molecule has 3 heteroatoms. The molecule has 0 heterocycles. The quantitative estimate of drug-likeness (QED) is 0.750. The van der Waals surface area contributed by atoms with E-state index in [1.807, 2.05) is 0 Å². The molecule has 114 valence electrons. The molecule has 0 bridgehead atoms. The van der Waals surface area contributed by atoms with Gasteiger partial charge in [-0.15, -0.1) is 0 Å². The lowest BCUT2D eigenvalue weighted by molar-refractivity contribution is -0.126. The normalized spacial score (nSPS) is 30.4. The van der Waals surface area contributed by atoms with Crippen molar-refractivity contribution in [3.63, 3.8) is 0 Å². The lowest BCUT2D eigenvalue weighted by Gasteiger charge is -2.35. The van der Waals surface area contributed by atoms with Crippen molar-refractivity contribution in [1.29, 1.82) is 0 Å². The monoisotopic (exact) mass is 292 g/mol. The van der Waals surface area contributed by atoms with Crippen LogP contribution in [0, 0.1) is 23.5 Å². The molecule has 2 fully saturated rings. The summed E-state index contributed by atoms with van der Waals surface area (Å²) in [7, 11) is 0. The Labute approximate surface area is 124 Å². The van der Waals surface area contributed by atoms with Crippen LogP contribution in [0.2, 0.25) is 0 Å². The van der Waals surface area contributed by atoms with Gasteiger partial charge in [0.05, 0.1) is 0 Å². The first-order chi connectivity index (χ1) is 10.1. The summed E-state index contributed by atoms with van der Waals surface area (Å²) < 4.78 is 26.3. The van der Waals surface area contributed by atoms with E-state index >= 15 is 0 Å². The van der Waals surface area contributed by atoms with Gasteiger partial charge in [-0.3, -0.25) is 4.79 Å². The van der Waals surface area contributed by atoms with Crippen molar-refractivity contribution in [3.8, 4) is 0 Å². The Morgan fingerprint density at radius 1 is 0.905 bits per heavy atom. The summed E-state index contributed by atoms with van der Waals surface area (Å²) in [5.74, 6) is 0.0221. The second-order valence-electron chi connectivity index (χ2n) is 6.60. The molecule has 1 nitrogen and oxygen atoms in total. The van der Waals surface area contributed by atoms with E-state index in [0.29, 0.717) is 17.6 Å². The Balaban J connectivity index is 1.62. The van der Waals surface area contributed by atoms with Crippen LogP contribution in [0.15, 0.2) is 18.2 Å². The van der Waals surface area contributed by atoms with Gasteiger partial charge in [-0.2, -0.15) is 0 Å². The Bertz CT molecular complexity index is 518. The van der Waals surface area contributed by atoms with Crippen LogP contribution in [-0.4, -0.2) is 5.78 Å². The highest BCUT2D eigenvalue weighted by Crippen LogP contribution is 2.42. The van der Waals surface area contributed by atoms with Crippen molar-refractivity contribution in [2.75, 3.05) is 0 Å². The van der Waals surface area contributed by atoms with Gasteiger partial charge in [0.1, 0.15) is 5.78 Å². The SMILES string of the molecule is O=C1CCCCC1C1CCC(c2ccc(F)c(F)c2)CC1. The van der Waals surface area contributed by atoms with Gasteiger partial charge in [0.2, 0.25) is 0 Å². The largest absolute Gasteiger partial charge is 0.299 e. The lowest BCUT2D eigenvalue weighted by Crippen LogP contribution is -2.29. The first-order valence-electron chi connectivity index (χ1n) is 8.13. The predicted molar refractivity (Wildman–Crippen MR) is 78.0 cm³/mol. The maximum absolute atomic E-state index is 13.3. The molecule has 0 aliphatic heterocycles. The first kappa shape index (κ1) is 14.7. The Hall–Kier alpha value is -1.25. The third kappa shape index (κ3) is 3.17.